The molecule has 0 bridgehead atoms. The fourth-order valence-electron chi connectivity index (χ4n) is 4.01. The van der Waals surface area contributed by atoms with Gasteiger partial charge in [-0.1, -0.05) is 271 Å². The minimum absolute atomic E-state index is 0. The Kier molecular flexibility index (Phi) is 68.7. The predicted octanol–water partition coefficient (Wildman–Crippen LogP) is 19.9. The second-order valence-corrected chi connectivity index (χ2v) is 23.1. The quantitative estimate of drug-likeness (QED) is 0.142. The zero-order chi connectivity index (χ0) is 59.2. The van der Waals surface area contributed by atoms with E-state index in [-0.39, 0.29) is 38.9 Å². The summed E-state index contributed by atoms with van der Waals surface area (Å²) in [5.41, 5.74) is 6.47. The molecule has 0 aliphatic carbocycles. The van der Waals surface area contributed by atoms with Crippen molar-refractivity contribution in [1.29, 1.82) is 0 Å². The zero-order valence-electron chi connectivity index (χ0n) is 52.0. The van der Waals surface area contributed by atoms with E-state index >= 15 is 0 Å². The van der Waals surface area contributed by atoms with Crippen molar-refractivity contribution in [1.82, 2.24) is 19.9 Å². The molecule has 0 saturated heterocycles. The predicted molar refractivity (Wildman–Crippen MR) is 367 cm³/mol. The summed E-state index contributed by atoms with van der Waals surface area (Å²) in [6.45, 7) is 60.4. The van der Waals surface area contributed by atoms with Crippen molar-refractivity contribution in [2.75, 3.05) is 0 Å². The van der Waals surface area contributed by atoms with E-state index in [9.17, 15) is 0 Å². The van der Waals surface area contributed by atoms with Crippen molar-refractivity contribution in [2.24, 2.45) is 10.8 Å². The molecular formula is C63H115B5N4OS3. The van der Waals surface area contributed by atoms with E-state index < -0.39 is 0 Å². The molecule has 5 nitrogen and oxygen atoms in total. The molecule has 4 heterocycles. The molecule has 0 aliphatic rings. The molecule has 10 radical (unpaired) electrons. The molecule has 426 valence electrons. The maximum atomic E-state index is 5.66. The molecule has 0 spiro atoms. The van der Waals surface area contributed by atoms with Gasteiger partial charge in [0.1, 0.15) is 12.1 Å². The average molecular weight is 1090 g/mol. The Morgan fingerprint density at radius 2 is 0.829 bits per heavy atom. The lowest BCUT2D eigenvalue weighted by Gasteiger charge is -2.18. The second kappa shape index (κ2) is 54.9. The van der Waals surface area contributed by atoms with Crippen molar-refractivity contribution >= 4 is 109 Å². The molecular weight excluding hydrogens is 979 g/mol. The first-order valence-corrected chi connectivity index (χ1v) is 28.5. The number of para-hydroxylation sites is 1. The lowest BCUT2D eigenvalue weighted by molar-refractivity contribution is 0.469. The van der Waals surface area contributed by atoms with Gasteiger partial charge >= 0.3 is 0 Å². The van der Waals surface area contributed by atoms with Gasteiger partial charge in [-0.2, -0.15) is 0 Å². The summed E-state index contributed by atoms with van der Waals surface area (Å²) in [5.74, 6) is 0.218. The van der Waals surface area contributed by atoms with E-state index in [0.29, 0.717) is 26.1 Å². The number of hydrogen-bond donors (Lipinski definition) is 0. The number of oxazole rings is 1. The Labute approximate surface area is 493 Å². The number of benzene rings is 3. The van der Waals surface area contributed by atoms with E-state index in [2.05, 4.69) is 224 Å². The van der Waals surface area contributed by atoms with Gasteiger partial charge in [0.2, 0.25) is 0 Å². The number of aromatic nitrogens is 4. The monoisotopic (exact) mass is 1090 g/mol. The fourth-order valence-corrected chi connectivity index (χ4v) is 6.13. The van der Waals surface area contributed by atoms with Gasteiger partial charge in [-0.15, -0.1) is 34.0 Å². The van der Waals surface area contributed by atoms with Gasteiger partial charge in [-0.05, 0) is 57.1 Å². The Bertz CT molecular complexity index is 2070. The first-order valence-electron chi connectivity index (χ1n) is 26.0. The van der Waals surface area contributed by atoms with E-state index in [4.69, 9.17) is 23.5 Å². The maximum absolute atomic E-state index is 5.66. The third-order valence-electron chi connectivity index (χ3n) is 6.75. The van der Waals surface area contributed by atoms with Crippen LogP contribution in [0.15, 0.2) is 101 Å². The van der Waals surface area contributed by atoms with Crippen LogP contribution in [0.1, 0.15) is 225 Å². The van der Waals surface area contributed by atoms with E-state index in [1.807, 2.05) is 80.7 Å². The van der Waals surface area contributed by atoms with Crippen molar-refractivity contribution in [2.45, 2.75) is 239 Å². The minimum Gasteiger partial charge on any atom is -0.461 e. The van der Waals surface area contributed by atoms with Crippen LogP contribution in [0.4, 0.5) is 0 Å². The highest BCUT2D eigenvalue weighted by Crippen LogP contribution is 2.31. The molecule has 7 aromatic rings. The van der Waals surface area contributed by atoms with Gasteiger partial charge in [0.15, 0.2) is 23.5 Å². The highest BCUT2D eigenvalue weighted by Gasteiger charge is 2.18. The maximum Gasteiger partial charge on any atom is 0.197 e. The smallest absolute Gasteiger partial charge is 0.197 e. The number of thiazole rings is 3. The van der Waals surface area contributed by atoms with Crippen LogP contribution in [0.2, 0.25) is 13.6 Å². The van der Waals surface area contributed by atoms with Gasteiger partial charge in [-0.3, -0.25) is 9.97 Å². The second-order valence-electron chi connectivity index (χ2n) is 20.1. The topological polar surface area (TPSA) is 64.7 Å². The molecule has 0 N–H and O–H groups in total. The van der Waals surface area contributed by atoms with Crippen molar-refractivity contribution in [3.63, 3.8) is 0 Å². The fraction of sp³-hybridized carbons (Fsp3) is 0.587. The van der Waals surface area contributed by atoms with Crippen molar-refractivity contribution < 1.29 is 4.42 Å². The van der Waals surface area contributed by atoms with Crippen LogP contribution < -0.4 is 15.6 Å². The van der Waals surface area contributed by atoms with Crippen LogP contribution in [0.5, 0.6) is 0 Å². The average Bonchev–Trinajstić information content (AvgIpc) is 4.19. The first kappa shape index (κ1) is 95.0. The van der Waals surface area contributed by atoms with Crippen LogP contribution in [-0.2, 0) is 16.2 Å². The molecule has 13 heteroatoms. The molecule has 0 atom stereocenters. The van der Waals surface area contributed by atoms with Crippen LogP contribution in [0.3, 0.4) is 0 Å². The normalized spacial score (nSPS) is 9.33. The SMILES string of the molecule is C.C.C.CC.CC.CC.CC.CC.CC(C)(C)C.CC(C)(C)C.CC(C)(C)c1ccccc1.CC(C)(C)c1nc2ccccc2s1.[B]C.[B]C.[B]c1nc2cc(C(C)(C)C)ccc2s1.[B]c1ncco1.[B]c1nccs1. The summed E-state index contributed by atoms with van der Waals surface area (Å²) in [4.78, 5) is 17.4. The lowest BCUT2D eigenvalue weighted by atomic mass is 9.87. The molecule has 0 aliphatic heterocycles. The third kappa shape index (κ3) is 58.3. The standard InChI is InChI=1S/C11H12BNS.C11H13NS.C10H14.2C5H12.C3H2BNO.C3H2BNS.5C2H6.2CH3B.3CH4/c1-11(2,3)7-4-5-9-8(6-7)13-10(12)14-9;1-11(2,3)10-12-8-6-4-5-7-9(8)13-10;1-10(2,3)9-7-5-4-6-8-9;2*1-5(2,3)4;2*4-3-5-1-2-6-3;7*1-2;;;/h4-6H,1-3H3;4-7H,1-3H3;4-8H,1-3H3;2*1-4H3;2*1-2H;5*1-2H3;2*1H3;3*1H4. The van der Waals surface area contributed by atoms with Gasteiger partial charge in [0.25, 0.3) is 0 Å². The summed E-state index contributed by atoms with van der Waals surface area (Å²) < 4.78 is 6.95. The van der Waals surface area contributed by atoms with E-state index in [0.717, 1.165) is 15.7 Å². The molecule has 4 aromatic heterocycles. The molecule has 3 aromatic carbocycles. The third-order valence-corrected chi connectivity index (χ3v) is 9.68. The molecule has 7 rings (SSSR count). The summed E-state index contributed by atoms with van der Waals surface area (Å²) in [6, 6.07) is 25.2. The van der Waals surface area contributed by atoms with Gasteiger partial charge in [0.05, 0.1) is 47.3 Å². The summed E-state index contributed by atoms with van der Waals surface area (Å²) in [7, 11) is 24.8. The highest BCUT2D eigenvalue weighted by atomic mass is 32.1. The van der Waals surface area contributed by atoms with Crippen LogP contribution in [-0.4, -0.2) is 59.2 Å². The Morgan fingerprint density at radius 1 is 0.421 bits per heavy atom. The highest BCUT2D eigenvalue weighted by molar-refractivity contribution is 7.25. The number of rotatable bonds is 0. The number of fused-ring (bicyclic) bond motifs is 2. The lowest BCUT2D eigenvalue weighted by Crippen LogP contribution is -2.10. The Hall–Kier alpha value is -3.40. The Morgan fingerprint density at radius 3 is 1.12 bits per heavy atom. The summed E-state index contributed by atoms with van der Waals surface area (Å²) >= 11 is 4.78. The van der Waals surface area contributed by atoms with Crippen molar-refractivity contribution in [3.05, 3.63) is 113 Å². The van der Waals surface area contributed by atoms with Gasteiger partial charge in [0, 0.05) is 26.8 Å². The van der Waals surface area contributed by atoms with E-state index in [1.165, 1.54) is 69.6 Å². The molecule has 0 amide bonds. The van der Waals surface area contributed by atoms with Crippen LogP contribution in [0.25, 0.3) is 20.4 Å². The van der Waals surface area contributed by atoms with Crippen molar-refractivity contribution in [3.8, 4) is 0 Å². The minimum atomic E-state index is 0. The van der Waals surface area contributed by atoms with Gasteiger partial charge < -0.3 is 4.42 Å². The van der Waals surface area contributed by atoms with Crippen LogP contribution in [0, 0.1) is 10.8 Å². The zero-order valence-corrected chi connectivity index (χ0v) is 54.5. The molecule has 0 unspecified atom stereocenters. The van der Waals surface area contributed by atoms with E-state index in [1.54, 1.807) is 17.5 Å². The molecule has 0 saturated carbocycles. The summed E-state index contributed by atoms with van der Waals surface area (Å²) in [6.07, 6.45) is 4.60. The largest absolute Gasteiger partial charge is 0.461 e. The van der Waals surface area contributed by atoms with Crippen LogP contribution >= 0.6 is 34.0 Å². The first-order chi connectivity index (χ1) is 33.9. The number of hydrogen-bond acceptors (Lipinski definition) is 8. The Balaban J connectivity index is -0.0000000820. The summed E-state index contributed by atoms with van der Waals surface area (Å²) in [5, 5.41) is 3.06. The number of nitrogens with zero attached hydrogens (tertiary/aromatic N) is 4. The van der Waals surface area contributed by atoms with Gasteiger partial charge in [-0.25, -0.2) is 9.97 Å². The molecule has 0 fully saturated rings. The molecule has 76 heavy (non-hydrogen) atoms.